The Morgan fingerprint density at radius 2 is 1.78 bits per heavy atom. The van der Waals surface area contributed by atoms with E-state index < -0.39 is 17.8 Å². The van der Waals surface area contributed by atoms with E-state index in [1.54, 1.807) is 0 Å². The molecule has 4 unspecified atom stereocenters. The van der Waals surface area contributed by atoms with Gasteiger partial charge in [-0.25, -0.2) is 0 Å². The number of rotatable bonds is 4. The van der Waals surface area contributed by atoms with Gasteiger partial charge in [-0.1, -0.05) is 18.2 Å². The SMILES string of the molecule is CN(C)c1cccc(NC(=O)C2C3C=CC(CC3)C2C(=O)O)c1. The zero-order valence-corrected chi connectivity index (χ0v) is 13.4. The smallest absolute Gasteiger partial charge is 0.307 e. The van der Waals surface area contributed by atoms with Crippen LogP contribution in [-0.2, 0) is 9.59 Å². The number of nitrogens with zero attached hydrogens (tertiary/aromatic N) is 1. The third-order valence-electron chi connectivity index (χ3n) is 4.97. The van der Waals surface area contributed by atoms with Crippen molar-refractivity contribution >= 4 is 23.3 Å². The molecule has 2 N–H and O–H groups in total. The maximum atomic E-state index is 12.7. The number of carboxylic acid groups (broad SMARTS) is 1. The van der Waals surface area contributed by atoms with Crippen molar-refractivity contribution in [2.75, 3.05) is 24.3 Å². The van der Waals surface area contributed by atoms with Crippen LogP contribution in [-0.4, -0.2) is 31.1 Å². The molecule has 0 saturated heterocycles. The molecule has 0 heterocycles. The molecule has 2 bridgehead atoms. The van der Waals surface area contributed by atoms with Crippen LogP contribution in [0.2, 0.25) is 0 Å². The molecule has 0 radical (unpaired) electrons. The standard InChI is InChI=1S/C18H22N2O3/c1-20(2)14-5-3-4-13(10-14)19-17(21)15-11-6-8-12(9-7-11)16(15)18(22)23/h3-6,8,10-12,15-16H,7,9H2,1-2H3,(H,19,21)(H,22,23). The van der Waals surface area contributed by atoms with Gasteiger partial charge in [-0.05, 0) is 42.9 Å². The lowest BCUT2D eigenvalue weighted by atomic mass is 9.62. The Hall–Kier alpha value is -2.30. The number of hydrogen-bond acceptors (Lipinski definition) is 3. The monoisotopic (exact) mass is 314 g/mol. The first-order valence-electron chi connectivity index (χ1n) is 7.97. The largest absolute Gasteiger partial charge is 0.481 e. The molecule has 1 aromatic rings. The molecule has 1 amide bonds. The van der Waals surface area contributed by atoms with E-state index in [0.29, 0.717) is 5.69 Å². The maximum Gasteiger partial charge on any atom is 0.307 e. The lowest BCUT2D eigenvalue weighted by molar-refractivity contribution is -0.151. The van der Waals surface area contributed by atoms with Crippen LogP contribution in [0.25, 0.3) is 0 Å². The number of hydrogen-bond donors (Lipinski definition) is 2. The summed E-state index contributed by atoms with van der Waals surface area (Å²) in [5, 5.41) is 12.5. The summed E-state index contributed by atoms with van der Waals surface area (Å²) in [7, 11) is 3.87. The minimum atomic E-state index is -0.869. The number of allylic oxidation sites excluding steroid dienone is 2. The van der Waals surface area contributed by atoms with Gasteiger partial charge in [0.2, 0.25) is 5.91 Å². The minimum Gasteiger partial charge on any atom is -0.481 e. The molecule has 1 saturated carbocycles. The summed E-state index contributed by atoms with van der Waals surface area (Å²) in [5.41, 5.74) is 1.69. The molecule has 5 heteroatoms. The second-order valence-electron chi connectivity index (χ2n) is 6.61. The van der Waals surface area contributed by atoms with Crippen molar-refractivity contribution in [2.45, 2.75) is 12.8 Å². The lowest BCUT2D eigenvalue weighted by Gasteiger charge is -2.41. The van der Waals surface area contributed by atoms with E-state index in [1.165, 1.54) is 0 Å². The number of aliphatic carboxylic acids is 1. The van der Waals surface area contributed by atoms with Crippen molar-refractivity contribution in [2.24, 2.45) is 23.7 Å². The molecule has 0 spiro atoms. The van der Waals surface area contributed by atoms with Gasteiger partial charge in [0, 0.05) is 25.5 Å². The second-order valence-corrected chi connectivity index (χ2v) is 6.61. The molecule has 3 aliphatic rings. The Morgan fingerprint density at radius 3 is 2.35 bits per heavy atom. The highest BCUT2D eigenvalue weighted by Gasteiger charge is 2.48. The summed E-state index contributed by atoms with van der Waals surface area (Å²) in [4.78, 5) is 26.3. The fourth-order valence-corrected chi connectivity index (χ4v) is 3.78. The first kappa shape index (κ1) is 15.6. The predicted molar refractivity (Wildman–Crippen MR) is 89.4 cm³/mol. The zero-order chi connectivity index (χ0) is 16.6. The highest BCUT2D eigenvalue weighted by molar-refractivity contribution is 5.96. The van der Waals surface area contributed by atoms with Crippen molar-refractivity contribution in [1.82, 2.24) is 0 Å². The van der Waals surface area contributed by atoms with Crippen molar-refractivity contribution in [3.63, 3.8) is 0 Å². The Kier molecular flexibility index (Phi) is 4.11. The van der Waals surface area contributed by atoms with E-state index in [4.69, 9.17) is 0 Å². The van der Waals surface area contributed by atoms with Crippen molar-refractivity contribution < 1.29 is 14.7 Å². The van der Waals surface area contributed by atoms with E-state index in [2.05, 4.69) is 5.32 Å². The molecule has 0 aliphatic heterocycles. The van der Waals surface area contributed by atoms with Crippen molar-refractivity contribution in [1.29, 1.82) is 0 Å². The van der Waals surface area contributed by atoms with E-state index >= 15 is 0 Å². The highest BCUT2D eigenvalue weighted by atomic mass is 16.4. The van der Waals surface area contributed by atoms with Crippen molar-refractivity contribution in [3.05, 3.63) is 36.4 Å². The van der Waals surface area contributed by atoms with Gasteiger partial charge in [0.25, 0.3) is 0 Å². The molecule has 4 rings (SSSR count). The molecule has 122 valence electrons. The zero-order valence-electron chi connectivity index (χ0n) is 13.4. The summed E-state index contributed by atoms with van der Waals surface area (Å²) in [6.07, 6.45) is 5.75. The van der Waals surface area contributed by atoms with Crippen LogP contribution in [0.15, 0.2) is 36.4 Å². The van der Waals surface area contributed by atoms with Gasteiger partial charge in [0.15, 0.2) is 0 Å². The molecular weight excluding hydrogens is 292 g/mol. The van der Waals surface area contributed by atoms with Crippen LogP contribution in [0, 0.1) is 23.7 Å². The average molecular weight is 314 g/mol. The molecule has 1 aromatic carbocycles. The number of carboxylic acids is 1. The molecule has 4 atom stereocenters. The third kappa shape index (κ3) is 2.96. The number of carbonyl (C=O) groups is 2. The summed E-state index contributed by atoms with van der Waals surface area (Å²) in [6, 6.07) is 7.57. The number of carbonyl (C=O) groups excluding carboxylic acids is 1. The van der Waals surface area contributed by atoms with E-state index in [-0.39, 0.29) is 17.7 Å². The Morgan fingerprint density at radius 1 is 1.13 bits per heavy atom. The number of benzene rings is 1. The molecule has 3 aliphatic carbocycles. The number of nitrogens with one attached hydrogen (secondary N) is 1. The summed E-state index contributed by atoms with van der Waals surface area (Å²) < 4.78 is 0. The van der Waals surface area contributed by atoms with E-state index in [1.807, 2.05) is 55.4 Å². The quantitative estimate of drug-likeness (QED) is 0.838. The Balaban J connectivity index is 1.81. The fourth-order valence-electron chi connectivity index (χ4n) is 3.78. The van der Waals surface area contributed by atoms with Gasteiger partial charge in [0.1, 0.15) is 0 Å². The van der Waals surface area contributed by atoms with Crippen LogP contribution >= 0.6 is 0 Å². The van der Waals surface area contributed by atoms with Gasteiger partial charge in [-0.2, -0.15) is 0 Å². The molecule has 5 nitrogen and oxygen atoms in total. The summed E-state index contributed by atoms with van der Waals surface area (Å²) >= 11 is 0. The summed E-state index contributed by atoms with van der Waals surface area (Å²) in [5.74, 6) is -2.16. The van der Waals surface area contributed by atoms with Crippen LogP contribution in [0.3, 0.4) is 0 Å². The van der Waals surface area contributed by atoms with E-state index in [0.717, 1.165) is 18.5 Å². The topological polar surface area (TPSA) is 69.6 Å². The van der Waals surface area contributed by atoms with Crippen LogP contribution in [0.4, 0.5) is 11.4 Å². The fraction of sp³-hybridized carbons (Fsp3) is 0.444. The molecule has 1 fully saturated rings. The van der Waals surface area contributed by atoms with Gasteiger partial charge < -0.3 is 15.3 Å². The normalized spacial score (nSPS) is 28.4. The van der Waals surface area contributed by atoms with Gasteiger partial charge >= 0.3 is 5.97 Å². The highest BCUT2D eigenvalue weighted by Crippen LogP contribution is 2.45. The number of fused-ring (bicyclic) bond motifs is 2. The van der Waals surface area contributed by atoms with Crippen molar-refractivity contribution in [3.8, 4) is 0 Å². The summed E-state index contributed by atoms with van der Waals surface area (Å²) in [6.45, 7) is 0. The Bertz CT molecular complexity index is 653. The van der Waals surface area contributed by atoms with Gasteiger partial charge in [0.05, 0.1) is 11.8 Å². The van der Waals surface area contributed by atoms with Crippen LogP contribution < -0.4 is 10.2 Å². The van der Waals surface area contributed by atoms with Crippen LogP contribution in [0.5, 0.6) is 0 Å². The first-order valence-corrected chi connectivity index (χ1v) is 7.97. The molecule has 0 aromatic heterocycles. The Labute approximate surface area is 136 Å². The third-order valence-corrected chi connectivity index (χ3v) is 4.97. The van der Waals surface area contributed by atoms with Gasteiger partial charge in [-0.3, -0.25) is 9.59 Å². The van der Waals surface area contributed by atoms with Crippen LogP contribution in [0.1, 0.15) is 12.8 Å². The molecular formula is C18H22N2O3. The number of anilines is 2. The van der Waals surface area contributed by atoms with E-state index in [9.17, 15) is 14.7 Å². The first-order chi connectivity index (χ1) is 11.0. The number of amides is 1. The predicted octanol–water partition coefficient (Wildman–Crippen LogP) is 2.60. The minimum absolute atomic E-state index is 0.0260. The lowest BCUT2D eigenvalue weighted by Crippen LogP contribution is -2.47. The second kappa shape index (κ2) is 6.07. The average Bonchev–Trinajstić information content (AvgIpc) is 2.55. The molecule has 23 heavy (non-hydrogen) atoms. The van der Waals surface area contributed by atoms with Gasteiger partial charge in [-0.15, -0.1) is 0 Å². The maximum absolute atomic E-state index is 12.7.